The lowest BCUT2D eigenvalue weighted by Crippen LogP contribution is -2.20. The molecule has 2 aromatic rings. The molecule has 1 fully saturated rings. The van der Waals surface area contributed by atoms with Crippen LogP contribution in [0.3, 0.4) is 0 Å². The highest BCUT2D eigenvalue weighted by molar-refractivity contribution is 5.48. The maximum Gasteiger partial charge on any atom is 0.0858 e. The minimum atomic E-state index is 0.877. The molecule has 0 amide bonds. The Morgan fingerprint density at radius 3 is 2.41 bits per heavy atom. The third-order valence-corrected chi connectivity index (χ3v) is 3.34. The fourth-order valence-electron chi connectivity index (χ4n) is 2.02. The molecule has 3 rings (SSSR count). The van der Waals surface area contributed by atoms with Gasteiger partial charge in [-0.3, -0.25) is 0 Å². The van der Waals surface area contributed by atoms with Crippen LogP contribution in [0.25, 0.3) is 5.69 Å². The molecule has 4 heteroatoms. The number of hydrogen-bond donors (Lipinski definition) is 1. The largest absolute Gasteiger partial charge is 0.385 e. The van der Waals surface area contributed by atoms with Gasteiger partial charge in [0, 0.05) is 12.2 Å². The Morgan fingerprint density at radius 1 is 1.12 bits per heavy atom. The fourth-order valence-corrected chi connectivity index (χ4v) is 2.02. The van der Waals surface area contributed by atoms with Gasteiger partial charge in [-0.1, -0.05) is 6.42 Å². The van der Waals surface area contributed by atoms with Crippen molar-refractivity contribution in [1.82, 2.24) is 15.0 Å². The molecule has 1 aromatic carbocycles. The Morgan fingerprint density at radius 2 is 1.82 bits per heavy atom. The topological polar surface area (TPSA) is 42.7 Å². The van der Waals surface area contributed by atoms with Crippen LogP contribution in [-0.4, -0.2) is 21.5 Å². The van der Waals surface area contributed by atoms with E-state index in [1.54, 1.807) is 17.2 Å². The molecule has 0 spiro atoms. The van der Waals surface area contributed by atoms with Gasteiger partial charge in [-0.15, -0.1) is 0 Å². The van der Waals surface area contributed by atoms with E-state index in [-0.39, 0.29) is 0 Å². The van der Waals surface area contributed by atoms with Crippen molar-refractivity contribution in [3.8, 4) is 5.69 Å². The van der Waals surface area contributed by atoms with Crippen LogP contribution >= 0.6 is 0 Å². The van der Waals surface area contributed by atoms with Crippen molar-refractivity contribution in [3.63, 3.8) is 0 Å². The number of benzene rings is 1. The zero-order valence-electron chi connectivity index (χ0n) is 9.71. The van der Waals surface area contributed by atoms with Crippen molar-refractivity contribution in [2.45, 2.75) is 19.3 Å². The maximum atomic E-state index is 4.10. The molecular formula is C13H16N4. The van der Waals surface area contributed by atoms with Gasteiger partial charge in [0.15, 0.2) is 0 Å². The summed E-state index contributed by atoms with van der Waals surface area (Å²) in [5.74, 6) is 0.877. The third kappa shape index (κ3) is 2.30. The minimum absolute atomic E-state index is 0.877. The molecule has 1 N–H and O–H groups in total. The predicted molar refractivity (Wildman–Crippen MR) is 67.2 cm³/mol. The number of anilines is 1. The standard InChI is InChI=1S/C13H16N4/c1-2-11(3-1)10-14-12-4-6-13(7-5-12)17-15-8-9-16-17/h4-9,11,14H,1-3,10H2. The first kappa shape index (κ1) is 10.3. The van der Waals surface area contributed by atoms with E-state index in [2.05, 4.69) is 27.6 Å². The molecule has 1 heterocycles. The maximum absolute atomic E-state index is 4.10. The summed E-state index contributed by atoms with van der Waals surface area (Å²) in [7, 11) is 0. The SMILES string of the molecule is c1cnn(-c2ccc(NCC3CCC3)cc2)n1. The number of rotatable bonds is 4. The molecule has 0 unspecified atom stereocenters. The first-order valence-corrected chi connectivity index (χ1v) is 6.12. The molecule has 88 valence electrons. The van der Waals surface area contributed by atoms with Gasteiger partial charge in [0.1, 0.15) is 0 Å². The second kappa shape index (κ2) is 4.57. The van der Waals surface area contributed by atoms with Gasteiger partial charge in [0.2, 0.25) is 0 Å². The van der Waals surface area contributed by atoms with Crippen LogP contribution in [0.1, 0.15) is 19.3 Å². The van der Waals surface area contributed by atoms with Gasteiger partial charge in [0.05, 0.1) is 18.1 Å². The molecule has 17 heavy (non-hydrogen) atoms. The quantitative estimate of drug-likeness (QED) is 0.874. The summed E-state index contributed by atoms with van der Waals surface area (Å²) < 4.78 is 0. The van der Waals surface area contributed by atoms with E-state index in [1.807, 2.05) is 12.1 Å². The summed E-state index contributed by atoms with van der Waals surface area (Å²) in [6.45, 7) is 1.10. The highest BCUT2D eigenvalue weighted by Crippen LogP contribution is 2.26. The van der Waals surface area contributed by atoms with Gasteiger partial charge in [0.25, 0.3) is 0 Å². The molecule has 1 aliphatic carbocycles. The molecule has 0 atom stereocenters. The minimum Gasteiger partial charge on any atom is -0.385 e. The predicted octanol–water partition coefficient (Wildman–Crippen LogP) is 2.48. The van der Waals surface area contributed by atoms with Crippen LogP contribution in [0.2, 0.25) is 0 Å². The molecule has 1 aromatic heterocycles. The molecule has 0 bridgehead atoms. The van der Waals surface area contributed by atoms with E-state index in [1.165, 1.54) is 24.9 Å². The Labute approximate surface area is 101 Å². The van der Waals surface area contributed by atoms with E-state index >= 15 is 0 Å². The van der Waals surface area contributed by atoms with Crippen LogP contribution in [0.15, 0.2) is 36.7 Å². The summed E-state index contributed by atoms with van der Waals surface area (Å²) in [5.41, 5.74) is 2.16. The summed E-state index contributed by atoms with van der Waals surface area (Å²) in [6, 6.07) is 8.22. The summed E-state index contributed by atoms with van der Waals surface area (Å²) >= 11 is 0. The first-order chi connectivity index (χ1) is 8.42. The molecular weight excluding hydrogens is 212 g/mol. The summed E-state index contributed by atoms with van der Waals surface area (Å²) in [5, 5.41) is 11.7. The monoisotopic (exact) mass is 228 g/mol. The molecule has 1 saturated carbocycles. The third-order valence-electron chi connectivity index (χ3n) is 3.34. The van der Waals surface area contributed by atoms with Crippen LogP contribution in [-0.2, 0) is 0 Å². The van der Waals surface area contributed by atoms with Crippen LogP contribution in [0, 0.1) is 5.92 Å². The van der Waals surface area contributed by atoms with Crippen molar-refractivity contribution >= 4 is 5.69 Å². The number of nitrogens with zero attached hydrogens (tertiary/aromatic N) is 3. The van der Waals surface area contributed by atoms with Crippen molar-refractivity contribution in [2.75, 3.05) is 11.9 Å². The number of aromatic nitrogens is 3. The van der Waals surface area contributed by atoms with Crippen molar-refractivity contribution in [3.05, 3.63) is 36.7 Å². The zero-order chi connectivity index (χ0) is 11.5. The first-order valence-electron chi connectivity index (χ1n) is 6.12. The van der Waals surface area contributed by atoms with Crippen LogP contribution < -0.4 is 5.32 Å². The second-order valence-electron chi connectivity index (χ2n) is 4.54. The molecule has 0 radical (unpaired) electrons. The fraction of sp³-hybridized carbons (Fsp3) is 0.385. The van der Waals surface area contributed by atoms with Gasteiger partial charge in [-0.05, 0) is 43.0 Å². The van der Waals surface area contributed by atoms with Crippen molar-refractivity contribution in [2.24, 2.45) is 5.92 Å². The smallest absolute Gasteiger partial charge is 0.0858 e. The summed E-state index contributed by atoms with van der Waals surface area (Å²) in [4.78, 5) is 1.62. The number of nitrogens with one attached hydrogen (secondary N) is 1. The van der Waals surface area contributed by atoms with E-state index < -0.39 is 0 Å². The van der Waals surface area contributed by atoms with Gasteiger partial charge in [-0.2, -0.15) is 15.0 Å². The van der Waals surface area contributed by atoms with Crippen molar-refractivity contribution < 1.29 is 0 Å². The van der Waals surface area contributed by atoms with E-state index in [9.17, 15) is 0 Å². The number of hydrogen-bond acceptors (Lipinski definition) is 3. The van der Waals surface area contributed by atoms with Gasteiger partial charge < -0.3 is 5.32 Å². The van der Waals surface area contributed by atoms with E-state index in [0.29, 0.717) is 0 Å². The molecule has 0 saturated heterocycles. The molecule has 4 nitrogen and oxygen atoms in total. The highest BCUT2D eigenvalue weighted by atomic mass is 15.5. The Bertz CT molecular complexity index is 457. The summed E-state index contributed by atoms with van der Waals surface area (Å²) in [6.07, 6.45) is 7.52. The second-order valence-corrected chi connectivity index (χ2v) is 4.54. The highest BCUT2D eigenvalue weighted by Gasteiger charge is 2.16. The molecule has 1 aliphatic rings. The average molecular weight is 228 g/mol. The van der Waals surface area contributed by atoms with Crippen LogP contribution in [0.5, 0.6) is 0 Å². The van der Waals surface area contributed by atoms with Crippen molar-refractivity contribution in [1.29, 1.82) is 0 Å². The lowest BCUT2D eigenvalue weighted by molar-refractivity contribution is 0.333. The lowest BCUT2D eigenvalue weighted by Gasteiger charge is -2.25. The van der Waals surface area contributed by atoms with Crippen LogP contribution in [0.4, 0.5) is 5.69 Å². The van der Waals surface area contributed by atoms with Gasteiger partial charge >= 0.3 is 0 Å². The van der Waals surface area contributed by atoms with E-state index in [4.69, 9.17) is 0 Å². The average Bonchev–Trinajstić information content (AvgIpc) is 2.81. The van der Waals surface area contributed by atoms with Gasteiger partial charge in [-0.25, -0.2) is 0 Å². The molecule has 0 aliphatic heterocycles. The lowest BCUT2D eigenvalue weighted by atomic mass is 9.85. The van der Waals surface area contributed by atoms with E-state index in [0.717, 1.165) is 18.2 Å². The Kier molecular flexibility index (Phi) is 2.78. The Hall–Kier alpha value is -1.84. The normalized spacial score (nSPS) is 15.5. The Balaban J connectivity index is 1.63. The zero-order valence-corrected chi connectivity index (χ0v) is 9.71.